The number of nitrogens with one attached hydrogen (secondary N) is 2. The van der Waals surface area contributed by atoms with E-state index in [1.165, 1.54) is 4.72 Å². The maximum atomic E-state index is 12.3. The molecule has 4 unspecified atom stereocenters. The van der Waals surface area contributed by atoms with Crippen molar-refractivity contribution in [1.29, 1.82) is 0 Å². The number of carbonyl (C=O) groups excluding carboxylic acids is 1. The van der Waals surface area contributed by atoms with E-state index in [-0.39, 0.29) is 25.9 Å². The van der Waals surface area contributed by atoms with E-state index in [0.29, 0.717) is 32.1 Å². The van der Waals surface area contributed by atoms with E-state index < -0.39 is 66.9 Å². The molecular weight excluding hydrogens is 550 g/mol. The van der Waals surface area contributed by atoms with Gasteiger partial charge in [-0.15, -0.1) is 0 Å². The lowest BCUT2D eigenvalue weighted by Crippen LogP contribution is -2.49. The van der Waals surface area contributed by atoms with Gasteiger partial charge >= 0.3 is 43.0 Å². The SMILES string of the molecule is CCOC(=O)C1CCCCC1NS(=O)(=O)C(F)(F)F.O=C(O)C1CCCCC1NS(=O)(=O)C(F)(F)F. The Kier molecular flexibility index (Phi) is 11.4. The fraction of sp³-hybridized carbons (Fsp3) is 0.889. The van der Waals surface area contributed by atoms with Gasteiger partial charge < -0.3 is 9.84 Å². The van der Waals surface area contributed by atoms with Crippen LogP contribution in [0.3, 0.4) is 0 Å². The summed E-state index contributed by atoms with van der Waals surface area (Å²) in [5, 5.41) is 8.79. The van der Waals surface area contributed by atoms with E-state index in [0.717, 1.165) is 0 Å². The number of hydrogen-bond acceptors (Lipinski definition) is 7. The van der Waals surface area contributed by atoms with Gasteiger partial charge in [0.05, 0.1) is 18.4 Å². The number of sulfonamides is 2. The van der Waals surface area contributed by atoms with Gasteiger partial charge in [0.15, 0.2) is 0 Å². The first-order valence-corrected chi connectivity index (χ1v) is 13.9. The van der Waals surface area contributed by atoms with Crippen molar-refractivity contribution in [1.82, 2.24) is 9.44 Å². The first-order valence-electron chi connectivity index (χ1n) is 10.9. The Labute approximate surface area is 204 Å². The van der Waals surface area contributed by atoms with Gasteiger partial charge in [-0.25, -0.2) is 26.3 Å². The molecule has 18 heteroatoms. The molecule has 0 aromatic rings. The van der Waals surface area contributed by atoms with E-state index in [2.05, 4.69) is 0 Å². The molecule has 0 saturated heterocycles. The molecule has 2 aliphatic carbocycles. The Balaban J connectivity index is 0.000000362. The highest BCUT2D eigenvalue weighted by Crippen LogP contribution is 2.30. The Morgan fingerprint density at radius 2 is 1.14 bits per heavy atom. The minimum absolute atomic E-state index is 0.103. The molecule has 2 aliphatic rings. The van der Waals surface area contributed by atoms with Crippen LogP contribution in [0.25, 0.3) is 0 Å². The lowest BCUT2D eigenvalue weighted by Gasteiger charge is -2.30. The molecule has 2 saturated carbocycles. The predicted molar refractivity (Wildman–Crippen MR) is 112 cm³/mol. The number of carboxylic acids is 1. The standard InChI is InChI=1S/C10H16F3NO4S.C8H12F3NO4S/c1-2-18-9(15)7-5-3-4-6-8(7)14-19(16,17)10(11,12)13;9-8(10,11)17(15,16)12-6-4-2-1-3-5(6)7(13)14/h7-8,14H,2-6H2,1H3;5-6,12H,1-4H2,(H,13,14). The van der Waals surface area contributed by atoms with Crippen LogP contribution < -0.4 is 9.44 Å². The van der Waals surface area contributed by atoms with E-state index in [9.17, 15) is 52.8 Å². The smallest absolute Gasteiger partial charge is 0.481 e. The quantitative estimate of drug-likeness (QED) is 0.308. The van der Waals surface area contributed by atoms with Crippen LogP contribution in [0.5, 0.6) is 0 Å². The third-order valence-electron chi connectivity index (χ3n) is 5.66. The summed E-state index contributed by atoms with van der Waals surface area (Å²) in [5.41, 5.74) is -10.8. The number of ether oxygens (including phenoxy) is 1. The van der Waals surface area contributed by atoms with Crippen molar-refractivity contribution in [3.8, 4) is 0 Å². The van der Waals surface area contributed by atoms with Crippen molar-refractivity contribution in [2.24, 2.45) is 11.8 Å². The summed E-state index contributed by atoms with van der Waals surface area (Å²) in [4.78, 5) is 22.4. The zero-order valence-corrected chi connectivity index (χ0v) is 20.7. The van der Waals surface area contributed by atoms with Crippen molar-refractivity contribution < 1.29 is 62.6 Å². The fourth-order valence-corrected chi connectivity index (χ4v) is 5.53. The number of alkyl halides is 6. The molecule has 212 valence electrons. The maximum Gasteiger partial charge on any atom is 0.511 e. The lowest BCUT2D eigenvalue weighted by molar-refractivity contribution is -0.150. The molecule has 0 amide bonds. The normalized spacial score (nSPS) is 25.9. The summed E-state index contributed by atoms with van der Waals surface area (Å²) >= 11 is 0. The summed E-state index contributed by atoms with van der Waals surface area (Å²) in [5.74, 6) is -3.89. The number of aliphatic carboxylic acids is 1. The molecule has 2 rings (SSSR count). The Hall–Kier alpha value is -1.66. The summed E-state index contributed by atoms with van der Waals surface area (Å²) in [6.07, 6.45) is 3.11. The second kappa shape index (κ2) is 12.7. The zero-order chi connectivity index (χ0) is 27.9. The van der Waals surface area contributed by atoms with Gasteiger partial charge in [0.1, 0.15) is 0 Å². The first-order chi connectivity index (χ1) is 16.3. The largest absolute Gasteiger partial charge is 0.511 e. The third-order valence-corrected chi connectivity index (χ3v) is 8.11. The molecular formula is C18H28F6N2O8S2. The molecule has 0 radical (unpaired) electrons. The summed E-state index contributed by atoms with van der Waals surface area (Å²) in [6, 6.07) is -2.24. The summed E-state index contributed by atoms with van der Waals surface area (Å²) < 4.78 is 125. The zero-order valence-electron chi connectivity index (χ0n) is 19.1. The minimum atomic E-state index is -5.48. The first kappa shape index (κ1) is 32.4. The molecule has 0 heterocycles. The average Bonchev–Trinajstić information content (AvgIpc) is 2.73. The van der Waals surface area contributed by atoms with Crippen LogP contribution in [0.2, 0.25) is 0 Å². The van der Waals surface area contributed by atoms with Crippen LogP contribution in [0, 0.1) is 11.8 Å². The van der Waals surface area contributed by atoms with Crippen molar-refractivity contribution in [3.63, 3.8) is 0 Å². The molecule has 0 spiro atoms. The molecule has 36 heavy (non-hydrogen) atoms. The second-order valence-electron chi connectivity index (χ2n) is 8.22. The van der Waals surface area contributed by atoms with Crippen molar-refractivity contribution in [3.05, 3.63) is 0 Å². The van der Waals surface area contributed by atoms with Gasteiger partial charge in [-0.1, -0.05) is 25.7 Å². The number of carboxylic acid groups (broad SMARTS) is 1. The van der Waals surface area contributed by atoms with Crippen molar-refractivity contribution in [2.75, 3.05) is 6.61 Å². The lowest BCUT2D eigenvalue weighted by atomic mass is 9.85. The topological polar surface area (TPSA) is 156 Å². The highest BCUT2D eigenvalue weighted by atomic mass is 32.2. The minimum Gasteiger partial charge on any atom is -0.481 e. The van der Waals surface area contributed by atoms with Gasteiger partial charge in [-0.05, 0) is 32.6 Å². The Morgan fingerprint density at radius 3 is 1.50 bits per heavy atom. The van der Waals surface area contributed by atoms with Crippen LogP contribution >= 0.6 is 0 Å². The molecule has 0 aromatic heterocycles. The Bertz CT molecular complexity index is 969. The number of hydrogen-bond donors (Lipinski definition) is 3. The van der Waals surface area contributed by atoms with Crippen LogP contribution in [0.1, 0.15) is 58.3 Å². The van der Waals surface area contributed by atoms with Gasteiger partial charge in [0.25, 0.3) is 0 Å². The van der Waals surface area contributed by atoms with Gasteiger partial charge in [0, 0.05) is 12.1 Å². The fourth-order valence-electron chi connectivity index (χ4n) is 3.90. The molecule has 2 fully saturated rings. The predicted octanol–water partition coefficient (Wildman–Crippen LogP) is 2.62. The summed E-state index contributed by atoms with van der Waals surface area (Å²) in [6.45, 7) is 1.68. The van der Waals surface area contributed by atoms with Gasteiger partial charge in [-0.2, -0.15) is 26.3 Å². The molecule has 4 atom stereocenters. The number of esters is 1. The monoisotopic (exact) mass is 578 g/mol. The number of halogens is 6. The second-order valence-corrected chi connectivity index (χ2v) is 11.6. The highest BCUT2D eigenvalue weighted by Gasteiger charge is 2.49. The van der Waals surface area contributed by atoms with Gasteiger partial charge in [0.2, 0.25) is 0 Å². The number of rotatable bonds is 7. The van der Waals surface area contributed by atoms with Crippen molar-refractivity contribution >= 4 is 32.0 Å². The van der Waals surface area contributed by atoms with E-state index in [1.807, 2.05) is 0 Å². The van der Waals surface area contributed by atoms with Crippen molar-refractivity contribution in [2.45, 2.75) is 81.4 Å². The molecule has 0 bridgehead atoms. The van der Waals surface area contributed by atoms with Crippen LogP contribution in [-0.4, -0.2) is 63.6 Å². The van der Waals surface area contributed by atoms with Gasteiger partial charge in [-0.3, -0.25) is 9.59 Å². The molecule has 0 aromatic carbocycles. The third kappa shape index (κ3) is 9.02. The van der Waals surface area contributed by atoms with Crippen LogP contribution in [0.15, 0.2) is 0 Å². The van der Waals surface area contributed by atoms with E-state index in [1.54, 1.807) is 11.6 Å². The maximum absolute atomic E-state index is 12.3. The van der Waals surface area contributed by atoms with Crippen LogP contribution in [0.4, 0.5) is 26.3 Å². The van der Waals surface area contributed by atoms with Crippen LogP contribution in [-0.2, 0) is 34.4 Å². The number of carbonyl (C=O) groups is 2. The molecule has 10 nitrogen and oxygen atoms in total. The molecule has 0 aliphatic heterocycles. The average molecular weight is 579 g/mol. The molecule has 3 N–H and O–H groups in total. The highest BCUT2D eigenvalue weighted by molar-refractivity contribution is 7.90. The van der Waals surface area contributed by atoms with E-state index >= 15 is 0 Å². The summed E-state index contributed by atoms with van der Waals surface area (Å²) in [7, 11) is -10.9. The van der Waals surface area contributed by atoms with E-state index in [4.69, 9.17) is 9.84 Å². The Morgan fingerprint density at radius 1 is 0.778 bits per heavy atom.